The lowest BCUT2D eigenvalue weighted by atomic mass is 9.87. The second kappa shape index (κ2) is 11.5. The zero-order valence-electron chi connectivity index (χ0n) is 25.3. The van der Waals surface area contributed by atoms with Gasteiger partial charge in [0.05, 0.1) is 29.3 Å². The number of imide groups is 1. The smallest absolute Gasteiger partial charge is 0.410 e. The number of piperidine rings is 2. The number of nitrogens with zero attached hydrogens (tertiary/aromatic N) is 5. The second-order valence-corrected chi connectivity index (χ2v) is 13.3. The molecule has 0 spiro atoms. The Bertz CT molecular complexity index is 1330. The number of likely N-dealkylation sites (tertiary alicyclic amines) is 1. The van der Waals surface area contributed by atoms with E-state index in [1.165, 1.54) is 5.69 Å². The van der Waals surface area contributed by atoms with Gasteiger partial charge in [0.2, 0.25) is 11.8 Å². The molecule has 11 nitrogen and oxygen atoms in total. The van der Waals surface area contributed by atoms with Crippen LogP contribution in [0.1, 0.15) is 70.9 Å². The number of carbonyl (C=O) groups is 3. The third-order valence-electron chi connectivity index (χ3n) is 9.18. The number of hydrogen-bond acceptors (Lipinski definition) is 8. The monoisotopic (exact) mass is 580 g/mol. The minimum Gasteiger partial charge on any atom is -0.444 e. The molecule has 1 aromatic carbocycles. The van der Waals surface area contributed by atoms with Crippen LogP contribution in [0.15, 0.2) is 18.2 Å². The molecule has 228 valence electrons. The van der Waals surface area contributed by atoms with E-state index >= 15 is 0 Å². The first-order chi connectivity index (χ1) is 20.0. The van der Waals surface area contributed by atoms with Crippen LogP contribution in [0.25, 0.3) is 10.9 Å². The maximum absolute atomic E-state index is 12.5. The molecule has 3 amide bonds. The first kappa shape index (κ1) is 28.9. The molecule has 0 bridgehead atoms. The average Bonchev–Trinajstić information content (AvgIpc) is 3.25. The lowest BCUT2D eigenvalue weighted by molar-refractivity contribution is -0.134. The number of aryl methyl sites for hydroxylation is 1. The number of nitrogens with one attached hydrogen (secondary N) is 1. The molecule has 4 aliphatic rings. The van der Waals surface area contributed by atoms with Gasteiger partial charge in [-0.15, -0.1) is 0 Å². The Morgan fingerprint density at radius 1 is 0.976 bits per heavy atom. The molecule has 1 saturated carbocycles. The van der Waals surface area contributed by atoms with Crippen molar-refractivity contribution < 1.29 is 23.9 Å². The van der Waals surface area contributed by atoms with Crippen LogP contribution in [0.2, 0.25) is 0 Å². The van der Waals surface area contributed by atoms with Gasteiger partial charge in [-0.05, 0) is 71.1 Å². The number of hydrogen-bond donors (Lipinski definition) is 1. The summed E-state index contributed by atoms with van der Waals surface area (Å²) in [4.78, 5) is 43.2. The number of ether oxygens (including phenoxy) is 2. The van der Waals surface area contributed by atoms with E-state index < -0.39 is 5.60 Å². The molecular weight excluding hydrogens is 536 g/mol. The molecule has 6 rings (SSSR count). The predicted molar refractivity (Wildman–Crippen MR) is 158 cm³/mol. The second-order valence-electron chi connectivity index (χ2n) is 13.3. The molecule has 1 aromatic heterocycles. The fraction of sp³-hybridized carbons (Fsp3) is 0.677. The van der Waals surface area contributed by atoms with Gasteiger partial charge in [-0.1, -0.05) is 0 Å². The van der Waals surface area contributed by atoms with Crippen molar-refractivity contribution >= 4 is 34.5 Å². The maximum Gasteiger partial charge on any atom is 0.410 e. The zero-order valence-corrected chi connectivity index (χ0v) is 25.3. The average molecular weight is 581 g/mol. The van der Waals surface area contributed by atoms with Crippen molar-refractivity contribution in [1.82, 2.24) is 24.9 Å². The molecule has 1 atom stereocenters. The van der Waals surface area contributed by atoms with Crippen molar-refractivity contribution in [2.24, 2.45) is 7.05 Å². The van der Waals surface area contributed by atoms with E-state index in [2.05, 4.69) is 38.4 Å². The number of amides is 3. The molecule has 4 fully saturated rings. The van der Waals surface area contributed by atoms with Gasteiger partial charge in [0.25, 0.3) is 0 Å². The molecule has 11 heteroatoms. The number of benzene rings is 1. The number of aromatic nitrogens is 2. The Balaban J connectivity index is 0.960. The van der Waals surface area contributed by atoms with Gasteiger partial charge in [-0.2, -0.15) is 5.10 Å². The van der Waals surface area contributed by atoms with E-state index in [9.17, 15) is 14.4 Å². The minimum atomic E-state index is -0.465. The molecule has 4 heterocycles. The third kappa shape index (κ3) is 6.13. The Morgan fingerprint density at radius 3 is 2.36 bits per heavy atom. The van der Waals surface area contributed by atoms with Crippen LogP contribution < -0.4 is 10.2 Å². The van der Waals surface area contributed by atoms with Crippen LogP contribution in [0.5, 0.6) is 0 Å². The molecule has 1 unspecified atom stereocenters. The number of fused-ring (bicyclic) bond motifs is 1. The summed E-state index contributed by atoms with van der Waals surface area (Å²) in [6, 6.07) is 6.97. The lowest BCUT2D eigenvalue weighted by Gasteiger charge is -2.47. The summed E-state index contributed by atoms with van der Waals surface area (Å²) >= 11 is 0. The van der Waals surface area contributed by atoms with Crippen LogP contribution in [0, 0.1) is 0 Å². The summed E-state index contributed by atoms with van der Waals surface area (Å²) in [6.07, 6.45) is 5.07. The summed E-state index contributed by atoms with van der Waals surface area (Å²) < 4.78 is 13.8. The molecular formula is C31H44N6O5. The van der Waals surface area contributed by atoms with Crippen molar-refractivity contribution in [3.8, 4) is 0 Å². The van der Waals surface area contributed by atoms with Crippen molar-refractivity contribution in [2.45, 2.75) is 89.1 Å². The summed E-state index contributed by atoms with van der Waals surface area (Å²) in [5.74, 6) is -0.847. The van der Waals surface area contributed by atoms with Crippen molar-refractivity contribution in [3.05, 3.63) is 23.9 Å². The lowest BCUT2D eigenvalue weighted by Crippen LogP contribution is -2.56. The van der Waals surface area contributed by atoms with E-state index in [1.54, 1.807) is 4.90 Å². The maximum atomic E-state index is 12.5. The van der Waals surface area contributed by atoms with Crippen LogP contribution in [-0.4, -0.2) is 101 Å². The van der Waals surface area contributed by atoms with Crippen molar-refractivity contribution in [1.29, 1.82) is 0 Å². The normalized spacial score (nSPS) is 26.3. The predicted octanol–water partition coefficient (Wildman–Crippen LogP) is 3.16. The minimum absolute atomic E-state index is 0.208. The highest BCUT2D eigenvalue weighted by Gasteiger charge is 2.38. The highest BCUT2D eigenvalue weighted by molar-refractivity contribution is 6.02. The molecule has 3 saturated heterocycles. The fourth-order valence-electron chi connectivity index (χ4n) is 6.75. The first-order valence-electron chi connectivity index (χ1n) is 15.5. The number of carbonyl (C=O) groups excluding carboxylic acids is 3. The van der Waals surface area contributed by atoms with Gasteiger partial charge in [0.15, 0.2) is 0 Å². The molecule has 1 aliphatic carbocycles. The number of anilines is 1. The zero-order chi connectivity index (χ0) is 29.6. The Hall–Kier alpha value is -3.18. The molecule has 42 heavy (non-hydrogen) atoms. The fourth-order valence-corrected chi connectivity index (χ4v) is 6.75. The van der Waals surface area contributed by atoms with Crippen LogP contribution >= 0.6 is 0 Å². The standard InChI is InChI=1S/C31H44N6O5/c1-31(2,3)42-30(40)37-11-9-22(10-12-37)41-23-17-21(18-23)36-15-13-35(14-16-36)20-5-6-24-26(19-20)34(4)33-28(24)25-7-8-27(38)32-29(25)39/h5-6,19,21-23,25H,7-18H2,1-4H3,(H,32,38,39)/t21-,23-,25?. The summed E-state index contributed by atoms with van der Waals surface area (Å²) in [5, 5.41) is 8.12. The Labute approximate surface area is 247 Å². The highest BCUT2D eigenvalue weighted by atomic mass is 16.6. The van der Waals surface area contributed by atoms with E-state index in [4.69, 9.17) is 9.47 Å². The quantitative estimate of drug-likeness (QED) is 0.538. The molecule has 3 aliphatic heterocycles. The van der Waals surface area contributed by atoms with Crippen LogP contribution in [0.4, 0.5) is 10.5 Å². The Kier molecular flexibility index (Phi) is 7.91. The van der Waals surface area contributed by atoms with E-state index in [-0.39, 0.29) is 29.9 Å². The number of rotatable bonds is 5. The van der Waals surface area contributed by atoms with Crippen LogP contribution in [0.3, 0.4) is 0 Å². The van der Waals surface area contributed by atoms with Gasteiger partial charge in [-0.3, -0.25) is 24.5 Å². The van der Waals surface area contributed by atoms with Gasteiger partial charge >= 0.3 is 6.09 Å². The summed E-state index contributed by atoms with van der Waals surface area (Å²) in [7, 11) is 1.92. The van der Waals surface area contributed by atoms with Crippen LogP contribution in [-0.2, 0) is 26.1 Å². The molecule has 1 N–H and O–H groups in total. The van der Waals surface area contributed by atoms with Gasteiger partial charge in [-0.25, -0.2) is 4.79 Å². The SMILES string of the molecule is Cn1nc(C2CCC(=O)NC2=O)c2ccc(N3CCN([C@H]4C[C@H](OC5CCN(C(=O)OC(C)(C)C)CC5)C4)CC3)cc21. The number of piperazine rings is 1. The topological polar surface area (TPSA) is 109 Å². The third-order valence-corrected chi connectivity index (χ3v) is 9.18. The van der Waals surface area contributed by atoms with E-state index in [0.717, 1.165) is 68.5 Å². The van der Waals surface area contributed by atoms with E-state index in [1.807, 2.05) is 32.5 Å². The largest absolute Gasteiger partial charge is 0.444 e. The summed E-state index contributed by atoms with van der Waals surface area (Å²) in [5.41, 5.74) is 2.47. The van der Waals surface area contributed by atoms with Gasteiger partial charge in [0, 0.05) is 69.9 Å². The first-order valence-corrected chi connectivity index (χ1v) is 15.5. The van der Waals surface area contributed by atoms with Crippen molar-refractivity contribution in [3.63, 3.8) is 0 Å². The summed E-state index contributed by atoms with van der Waals surface area (Å²) in [6.45, 7) is 11.1. The molecule has 2 aromatic rings. The van der Waals surface area contributed by atoms with Crippen molar-refractivity contribution in [2.75, 3.05) is 44.2 Å². The molecule has 0 radical (unpaired) electrons. The van der Waals surface area contributed by atoms with Gasteiger partial charge in [0.1, 0.15) is 5.60 Å². The highest BCUT2D eigenvalue weighted by Crippen LogP contribution is 2.34. The van der Waals surface area contributed by atoms with Gasteiger partial charge < -0.3 is 19.3 Å². The Morgan fingerprint density at radius 2 is 1.69 bits per heavy atom. The van der Waals surface area contributed by atoms with E-state index in [0.29, 0.717) is 38.1 Å².